The summed E-state index contributed by atoms with van der Waals surface area (Å²) in [6.45, 7) is 11.9. The van der Waals surface area contributed by atoms with Gasteiger partial charge in [-0.3, -0.25) is 20.1 Å². The Balaban J connectivity index is 1.94. The maximum atomic E-state index is 14.6. The van der Waals surface area contributed by atoms with Crippen LogP contribution in [0, 0.1) is 25.2 Å². The second-order valence-electron chi connectivity index (χ2n) is 9.80. The van der Waals surface area contributed by atoms with Crippen LogP contribution in [0.15, 0.2) is 12.1 Å². The van der Waals surface area contributed by atoms with E-state index in [1.165, 1.54) is 0 Å². The van der Waals surface area contributed by atoms with Crippen molar-refractivity contribution in [1.29, 1.82) is 5.41 Å². The molecule has 0 radical (unpaired) electrons. The molecule has 1 spiro atoms. The third-order valence-corrected chi connectivity index (χ3v) is 7.15. The summed E-state index contributed by atoms with van der Waals surface area (Å²) in [5.74, 6) is -2.02. The smallest absolute Gasteiger partial charge is 0.320 e. The van der Waals surface area contributed by atoms with Gasteiger partial charge < -0.3 is 14.4 Å². The molecular weight excluding hydrogens is 408 g/mol. The second-order valence-corrected chi connectivity index (χ2v) is 9.80. The minimum atomic E-state index is -1.47. The summed E-state index contributed by atoms with van der Waals surface area (Å²) in [6.07, 6.45) is 0.792. The van der Waals surface area contributed by atoms with Crippen LogP contribution in [0.3, 0.4) is 0 Å². The number of hydrogen-bond acceptors (Lipinski definition) is 6. The zero-order chi connectivity index (χ0) is 23.2. The Labute approximate surface area is 186 Å². The number of amides is 1. The standard InChI is InChI=1S/C24H28N4O4/c1-7-31-21(29)17-19(25)32-20-16(13(4)26-27-20)24(17)15-9-11(2)8-14-12(3)10-23(5,6)28(18(14)15)22(24)30/h8-9,12,17,25H,7,10H2,1-6H3,(H,26,27). The molecule has 4 heterocycles. The topological polar surface area (TPSA) is 108 Å². The van der Waals surface area contributed by atoms with E-state index in [9.17, 15) is 9.59 Å². The van der Waals surface area contributed by atoms with Gasteiger partial charge in [-0.2, -0.15) is 0 Å². The van der Waals surface area contributed by atoms with E-state index in [1.54, 1.807) is 6.92 Å². The molecule has 2 aromatic rings. The molecule has 0 saturated heterocycles. The Kier molecular flexibility index (Phi) is 4.17. The number of ether oxygens (including phenoxy) is 2. The molecule has 3 aliphatic rings. The molecule has 3 aliphatic heterocycles. The summed E-state index contributed by atoms with van der Waals surface area (Å²) in [5, 5.41) is 15.8. The van der Waals surface area contributed by atoms with Crippen molar-refractivity contribution >= 4 is 23.5 Å². The maximum absolute atomic E-state index is 14.6. The first kappa shape index (κ1) is 20.7. The summed E-state index contributed by atoms with van der Waals surface area (Å²) >= 11 is 0. The number of hydrogen-bond donors (Lipinski definition) is 2. The molecule has 0 bridgehead atoms. The van der Waals surface area contributed by atoms with Gasteiger partial charge in [0.2, 0.25) is 17.7 Å². The molecule has 1 aromatic heterocycles. The molecule has 0 saturated carbocycles. The number of fused-ring (bicyclic) bond motifs is 3. The van der Waals surface area contributed by atoms with Gasteiger partial charge in [-0.05, 0) is 58.1 Å². The molecular formula is C24H28N4O4. The van der Waals surface area contributed by atoms with Crippen LogP contribution < -0.4 is 9.64 Å². The number of aromatic nitrogens is 2. The highest BCUT2D eigenvalue weighted by molar-refractivity contribution is 6.20. The SMILES string of the molecule is CCOC(=O)C1C(=N)Oc2n[nH]c(C)c2C12C(=O)N1c3c(cc(C)cc32)C(C)CC1(C)C. The van der Waals surface area contributed by atoms with Crippen LogP contribution in [0.4, 0.5) is 5.69 Å². The predicted octanol–water partition coefficient (Wildman–Crippen LogP) is 3.49. The quantitative estimate of drug-likeness (QED) is 0.701. The molecule has 1 aromatic carbocycles. The van der Waals surface area contributed by atoms with Gasteiger partial charge in [0.1, 0.15) is 5.41 Å². The number of rotatable bonds is 2. The fraction of sp³-hybridized carbons (Fsp3) is 0.500. The fourth-order valence-corrected chi connectivity index (χ4v) is 6.13. The van der Waals surface area contributed by atoms with Gasteiger partial charge in [0.25, 0.3) is 0 Å². The Morgan fingerprint density at radius 2 is 2.09 bits per heavy atom. The Morgan fingerprint density at radius 3 is 2.78 bits per heavy atom. The molecule has 3 unspecified atom stereocenters. The fourth-order valence-electron chi connectivity index (χ4n) is 6.13. The third kappa shape index (κ3) is 2.32. The number of anilines is 1. The molecule has 5 rings (SSSR count). The van der Waals surface area contributed by atoms with E-state index in [0.29, 0.717) is 11.3 Å². The van der Waals surface area contributed by atoms with E-state index >= 15 is 0 Å². The van der Waals surface area contributed by atoms with Crippen molar-refractivity contribution in [2.75, 3.05) is 11.5 Å². The molecule has 0 aliphatic carbocycles. The van der Waals surface area contributed by atoms with Crippen molar-refractivity contribution in [3.8, 4) is 5.88 Å². The number of nitrogens with zero attached hydrogens (tertiary/aromatic N) is 2. The van der Waals surface area contributed by atoms with Crippen LogP contribution in [0.1, 0.15) is 68.0 Å². The van der Waals surface area contributed by atoms with Crippen molar-refractivity contribution in [2.24, 2.45) is 5.92 Å². The predicted molar refractivity (Wildman–Crippen MR) is 118 cm³/mol. The lowest BCUT2D eigenvalue weighted by atomic mass is 9.64. The maximum Gasteiger partial charge on any atom is 0.320 e. The first-order valence-electron chi connectivity index (χ1n) is 11.0. The summed E-state index contributed by atoms with van der Waals surface area (Å²) < 4.78 is 11.1. The molecule has 2 N–H and O–H groups in total. The molecule has 1 amide bonds. The molecule has 8 nitrogen and oxygen atoms in total. The molecule has 168 valence electrons. The van der Waals surface area contributed by atoms with Gasteiger partial charge in [-0.15, -0.1) is 5.10 Å². The lowest BCUT2D eigenvalue weighted by molar-refractivity contribution is -0.150. The molecule has 32 heavy (non-hydrogen) atoms. The van der Waals surface area contributed by atoms with Crippen molar-refractivity contribution in [1.82, 2.24) is 10.2 Å². The summed E-state index contributed by atoms with van der Waals surface area (Å²) in [7, 11) is 0. The van der Waals surface area contributed by atoms with Gasteiger partial charge in [0.05, 0.1) is 17.9 Å². The number of H-pyrrole nitrogens is 1. The first-order valence-corrected chi connectivity index (χ1v) is 11.0. The van der Waals surface area contributed by atoms with Gasteiger partial charge in [-0.1, -0.05) is 24.6 Å². The van der Waals surface area contributed by atoms with Crippen LogP contribution in [0.25, 0.3) is 0 Å². The number of carbonyl (C=O) groups is 2. The third-order valence-electron chi connectivity index (χ3n) is 7.15. The van der Waals surface area contributed by atoms with E-state index in [2.05, 4.69) is 37.0 Å². The van der Waals surface area contributed by atoms with Crippen LogP contribution in [0.5, 0.6) is 5.88 Å². The van der Waals surface area contributed by atoms with Crippen LogP contribution in [-0.4, -0.2) is 40.1 Å². The Bertz CT molecular complexity index is 1200. The van der Waals surface area contributed by atoms with Crippen molar-refractivity contribution in [2.45, 2.75) is 64.8 Å². The highest BCUT2D eigenvalue weighted by Gasteiger charge is 2.68. The van der Waals surface area contributed by atoms with Gasteiger partial charge in [0, 0.05) is 11.2 Å². The number of nitrogens with one attached hydrogen (secondary N) is 2. The number of carbonyl (C=O) groups excluding carboxylic acids is 2. The number of aromatic amines is 1. The lowest BCUT2D eigenvalue weighted by Gasteiger charge is -2.45. The van der Waals surface area contributed by atoms with Crippen LogP contribution >= 0.6 is 0 Å². The zero-order valence-corrected chi connectivity index (χ0v) is 19.3. The van der Waals surface area contributed by atoms with Crippen LogP contribution in [0.2, 0.25) is 0 Å². The second kappa shape index (κ2) is 6.43. The summed E-state index contributed by atoms with van der Waals surface area (Å²) in [6, 6.07) is 4.11. The Hall–Kier alpha value is -3.16. The number of aryl methyl sites for hydroxylation is 2. The minimum Gasteiger partial charge on any atom is -0.465 e. The monoisotopic (exact) mass is 436 g/mol. The summed E-state index contributed by atoms with van der Waals surface area (Å²) in [5.41, 5.74) is 2.89. The van der Waals surface area contributed by atoms with E-state index in [0.717, 1.165) is 28.8 Å². The molecule has 8 heteroatoms. The van der Waals surface area contributed by atoms with E-state index in [1.807, 2.05) is 24.8 Å². The van der Waals surface area contributed by atoms with E-state index in [4.69, 9.17) is 14.9 Å². The van der Waals surface area contributed by atoms with Crippen molar-refractivity contribution in [3.05, 3.63) is 40.1 Å². The van der Waals surface area contributed by atoms with Crippen LogP contribution in [-0.2, 0) is 19.7 Å². The van der Waals surface area contributed by atoms with Gasteiger partial charge >= 0.3 is 5.97 Å². The minimum absolute atomic E-state index is 0.141. The zero-order valence-electron chi connectivity index (χ0n) is 19.3. The average Bonchev–Trinajstić information content (AvgIpc) is 3.17. The Morgan fingerprint density at radius 1 is 1.38 bits per heavy atom. The van der Waals surface area contributed by atoms with E-state index in [-0.39, 0.29) is 30.2 Å². The highest BCUT2D eigenvalue weighted by Crippen LogP contribution is 2.61. The lowest BCUT2D eigenvalue weighted by Crippen LogP contribution is -2.59. The van der Waals surface area contributed by atoms with Crippen molar-refractivity contribution < 1.29 is 19.1 Å². The molecule has 0 fully saturated rings. The van der Waals surface area contributed by atoms with Gasteiger partial charge in [0.15, 0.2) is 5.92 Å². The number of benzene rings is 1. The normalized spacial score (nSPS) is 27.2. The van der Waals surface area contributed by atoms with Gasteiger partial charge in [-0.25, -0.2) is 0 Å². The largest absolute Gasteiger partial charge is 0.465 e. The van der Waals surface area contributed by atoms with E-state index < -0.39 is 22.8 Å². The first-order chi connectivity index (χ1) is 15.1. The van der Waals surface area contributed by atoms with Crippen molar-refractivity contribution in [3.63, 3.8) is 0 Å². The summed E-state index contributed by atoms with van der Waals surface area (Å²) in [4.78, 5) is 29.8. The molecule has 3 atom stereocenters. The number of esters is 1. The highest BCUT2D eigenvalue weighted by atomic mass is 16.5. The average molecular weight is 437 g/mol.